The van der Waals surface area contributed by atoms with Gasteiger partial charge in [-0.1, -0.05) is 37.3 Å². The van der Waals surface area contributed by atoms with Crippen LogP contribution in [0.25, 0.3) is 0 Å². The van der Waals surface area contributed by atoms with Crippen molar-refractivity contribution in [1.82, 2.24) is 5.32 Å². The summed E-state index contributed by atoms with van der Waals surface area (Å²) in [6.07, 6.45) is -1.02. The largest absolute Gasteiger partial charge is 0.480 e. The summed E-state index contributed by atoms with van der Waals surface area (Å²) in [5.41, 5.74) is 0.378. The zero-order valence-corrected chi connectivity index (χ0v) is 11.8. The molecule has 3 N–H and O–H groups in total. The lowest BCUT2D eigenvalue weighted by Gasteiger charge is -2.17. The molecule has 1 rings (SSSR count). The van der Waals surface area contributed by atoms with Gasteiger partial charge in [0, 0.05) is 12.8 Å². The Labute approximate surface area is 122 Å². The molecule has 1 amide bonds. The standard InChI is InChI=1S/C15H19NO5/c1-2-11(17)8-9-12(15(20)21)16-14(19)13(18)10-6-4-3-5-7-10/h3-7,12-13,18H,2,8-9H2,1H3,(H,16,19)(H,20,21)/t12-,13+/m1/s1. The van der Waals surface area contributed by atoms with Crippen LogP contribution in [0.1, 0.15) is 37.9 Å². The third-order valence-corrected chi connectivity index (χ3v) is 3.08. The number of carboxylic acids is 1. The van der Waals surface area contributed by atoms with E-state index in [1.165, 1.54) is 0 Å². The van der Waals surface area contributed by atoms with Crippen LogP contribution in [-0.2, 0) is 14.4 Å². The van der Waals surface area contributed by atoms with E-state index in [-0.39, 0.29) is 18.6 Å². The molecule has 0 aromatic heterocycles. The van der Waals surface area contributed by atoms with Gasteiger partial charge in [-0.2, -0.15) is 0 Å². The molecule has 1 aromatic carbocycles. The normalized spacial score (nSPS) is 13.2. The first-order valence-electron chi connectivity index (χ1n) is 6.73. The lowest BCUT2D eigenvalue weighted by Crippen LogP contribution is -2.43. The third kappa shape index (κ3) is 5.35. The van der Waals surface area contributed by atoms with E-state index in [0.29, 0.717) is 12.0 Å². The maximum Gasteiger partial charge on any atom is 0.326 e. The number of Topliss-reactive ketones (excluding diaryl/α,β-unsaturated/α-hetero) is 1. The smallest absolute Gasteiger partial charge is 0.326 e. The molecule has 0 bridgehead atoms. The molecule has 0 saturated heterocycles. The van der Waals surface area contributed by atoms with Crippen molar-refractivity contribution in [3.8, 4) is 0 Å². The molecule has 21 heavy (non-hydrogen) atoms. The second-order valence-electron chi connectivity index (χ2n) is 4.64. The van der Waals surface area contributed by atoms with Gasteiger partial charge in [-0.05, 0) is 12.0 Å². The second-order valence-corrected chi connectivity index (χ2v) is 4.64. The Balaban J connectivity index is 2.64. The van der Waals surface area contributed by atoms with E-state index < -0.39 is 24.0 Å². The van der Waals surface area contributed by atoms with Gasteiger partial charge >= 0.3 is 5.97 Å². The highest BCUT2D eigenvalue weighted by molar-refractivity contribution is 5.87. The van der Waals surface area contributed by atoms with E-state index in [2.05, 4.69) is 5.32 Å². The molecule has 0 aliphatic rings. The number of nitrogens with one attached hydrogen (secondary N) is 1. The first kappa shape index (κ1) is 16.8. The van der Waals surface area contributed by atoms with Crippen molar-refractivity contribution in [2.24, 2.45) is 0 Å². The molecule has 0 radical (unpaired) electrons. The molecule has 1 aromatic rings. The summed E-state index contributed by atoms with van der Waals surface area (Å²) >= 11 is 0. The molecule has 0 aliphatic carbocycles. The van der Waals surface area contributed by atoms with Crippen LogP contribution in [0.4, 0.5) is 0 Å². The van der Waals surface area contributed by atoms with Crippen molar-refractivity contribution in [2.45, 2.75) is 38.3 Å². The van der Waals surface area contributed by atoms with Gasteiger partial charge in [-0.3, -0.25) is 9.59 Å². The highest BCUT2D eigenvalue weighted by Crippen LogP contribution is 2.13. The fourth-order valence-corrected chi connectivity index (χ4v) is 1.78. The summed E-state index contributed by atoms with van der Waals surface area (Å²) in [6, 6.07) is 7.03. The number of benzene rings is 1. The van der Waals surface area contributed by atoms with Gasteiger partial charge in [0.25, 0.3) is 5.91 Å². The van der Waals surface area contributed by atoms with Crippen LogP contribution in [0.2, 0.25) is 0 Å². The molecule has 0 saturated carbocycles. The number of aliphatic carboxylic acids is 1. The Morgan fingerprint density at radius 1 is 1.19 bits per heavy atom. The molecule has 6 heteroatoms. The number of hydrogen-bond acceptors (Lipinski definition) is 4. The van der Waals surface area contributed by atoms with Crippen LogP contribution in [0.3, 0.4) is 0 Å². The molecule has 0 aliphatic heterocycles. The van der Waals surface area contributed by atoms with E-state index >= 15 is 0 Å². The van der Waals surface area contributed by atoms with Gasteiger partial charge in [-0.25, -0.2) is 4.79 Å². The summed E-state index contributed by atoms with van der Waals surface area (Å²) in [5.74, 6) is -2.09. The van der Waals surface area contributed by atoms with Crippen molar-refractivity contribution < 1.29 is 24.6 Å². The number of carbonyl (C=O) groups is 3. The second kappa shape index (κ2) is 8.16. The van der Waals surface area contributed by atoms with Gasteiger partial charge in [0.1, 0.15) is 11.8 Å². The predicted octanol–water partition coefficient (Wildman–Crippen LogP) is 1.05. The summed E-state index contributed by atoms with van der Waals surface area (Å²) in [7, 11) is 0. The lowest BCUT2D eigenvalue weighted by atomic mass is 10.1. The maximum absolute atomic E-state index is 11.9. The Morgan fingerprint density at radius 2 is 1.81 bits per heavy atom. The van der Waals surface area contributed by atoms with Crippen molar-refractivity contribution in [2.75, 3.05) is 0 Å². The van der Waals surface area contributed by atoms with Crippen LogP contribution in [0, 0.1) is 0 Å². The number of rotatable bonds is 8. The molecular weight excluding hydrogens is 274 g/mol. The molecular formula is C15H19NO5. The van der Waals surface area contributed by atoms with Gasteiger partial charge in [0.15, 0.2) is 6.10 Å². The Bertz CT molecular complexity index is 500. The van der Waals surface area contributed by atoms with Gasteiger partial charge in [0.2, 0.25) is 0 Å². The minimum absolute atomic E-state index is 0.00918. The Kier molecular flexibility index (Phi) is 6.55. The van der Waals surface area contributed by atoms with Gasteiger partial charge in [-0.15, -0.1) is 0 Å². The lowest BCUT2D eigenvalue weighted by molar-refractivity contribution is -0.143. The highest BCUT2D eigenvalue weighted by atomic mass is 16.4. The average molecular weight is 293 g/mol. The van der Waals surface area contributed by atoms with E-state index in [1.54, 1.807) is 37.3 Å². The first-order chi connectivity index (χ1) is 9.95. The van der Waals surface area contributed by atoms with Gasteiger partial charge < -0.3 is 15.5 Å². The summed E-state index contributed by atoms with van der Waals surface area (Å²) in [6.45, 7) is 1.69. The quantitative estimate of drug-likeness (QED) is 0.664. The Hall–Kier alpha value is -2.21. The number of ketones is 1. The minimum Gasteiger partial charge on any atom is -0.480 e. The number of hydrogen-bond donors (Lipinski definition) is 3. The van der Waals surface area contributed by atoms with Crippen molar-refractivity contribution in [1.29, 1.82) is 0 Å². The average Bonchev–Trinajstić information content (AvgIpc) is 2.50. The maximum atomic E-state index is 11.9. The van der Waals surface area contributed by atoms with Crippen molar-refractivity contribution >= 4 is 17.7 Å². The van der Waals surface area contributed by atoms with E-state index in [4.69, 9.17) is 5.11 Å². The minimum atomic E-state index is -1.44. The monoisotopic (exact) mass is 293 g/mol. The zero-order valence-electron chi connectivity index (χ0n) is 11.8. The Morgan fingerprint density at radius 3 is 2.33 bits per heavy atom. The number of amides is 1. The van der Waals surface area contributed by atoms with Crippen LogP contribution in [0.5, 0.6) is 0 Å². The molecule has 2 atom stereocenters. The summed E-state index contributed by atoms with van der Waals surface area (Å²) in [4.78, 5) is 34.2. The SMILES string of the molecule is CCC(=O)CC[C@@H](NC(=O)[C@@H](O)c1ccccc1)C(=O)O. The molecule has 114 valence electrons. The summed E-state index contributed by atoms with van der Waals surface area (Å²) in [5, 5.41) is 21.2. The van der Waals surface area contributed by atoms with Crippen LogP contribution in [0.15, 0.2) is 30.3 Å². The van der Waals surface area contributed by atoms with Crippen molar-refractivity contribution in [3.05, 3.63) is 35.9 Å². The van der Waals surface area contributed by atoms with Crippen molar-refractivity contribution in [3.63, 3.8) is 0 Å². The molecule has 0 fully saturated rings. The van der Waals surface area contributed by atoms with E-state index in [1.807, 2.05) is 0 Å². The molecule has 6 nitrogen and oxygen atoms in total. The fourth-order valence-electron chi connectivity index (χ4n) is 1.78. The summed E-state index contributed by atoms with van der Waals surface area (Å²) < 4.78 is 0. The number of aliphatic hydroxyl groups excluding tert-OH is 1. The number of aliphatic hydroxyl groups is 1. The van der Waals surface area contributed by atoms with E-state index in [9.17, 15) is 19.5 Å². The topological polar surface area (TPSA) is 104 Å². The van der Waals surface area contributed by atoms with Crippen LogP contribution in [-0.4, -0.2) is 33.9 Å². The van der Waals surface area contributed by atoms with Crippen LogP contribution >= 0.6 is 0 Å². The molecule has 0 heterocycles. The fraction of sp³-hybridized carbons (Fsp3) is 0.400. The number of carbonyl (C=O) groups excluding carboxylic acids is 2. The van der Waals surface area contributed by atoms with Gasteiger partial charge in [0.05, 0.1) is 0 Å². The van der Waals surface area contributed by atoms with Crippen LogP contribution < -0.4 is 5.32 Å². The molecule has 0 spiro atoms. The number of carboxylic acid groups (broad SMARTS) is 1. The zero-order chi connectivity index (χ0) is 15.8. The third-order valence-electron chi connectivity index (χ3n) is 3.08. The predicted molar refractivity (Wildman–Crippen MR) is 75.5 cm³/mol. The first-order valence-corrected chi connectivity index (χ1v) is 6.73. The highest BCUT2D eigenvalue weighted by Gasteiger charge is 2.25. The van der Waals surface area contributed by atoms with E-state index in [0.717, 1.165) is 0 Å². The molecule has 0 unspecified atom stereocenters.